The Kier molecular flexibility index (Phi) is 3.83. The highest BCUT2D eigenvalue weighted by Gasteiger charge is 1.92. The van der Waals surface area contributed by atoms with Gasteiger partial charge in [-0.1, -0.05) is 44.2 Å². The molecule has 1 N–H and O–H groups in total. The second-order valence-electron chi connectivity index (χ2n) is 2.45. The Morgan fingerprint density at radius 2 is 1.54 bits per heavy atom. The fraction of sp³-hybridized carbons (Fsp3) is 0.167. The Hall–Kier alpha value is -1.50. The minimum absolute atomic E-state index is 1.17. The van der Waals surface area contributed by atoms with E-state index in [1.54, 1.807) is 0 Å². The summed E-state index contributed by atoms with van der Waals surface area (Å²) in [6.45, 7) is 4.00. The molecule has 2 aromatic rings. The fourth-order valence-electron chi connectivity index (χ4n) is 1.13. The maximum absolute atomic E-state index is 3.15. The monoisotopic (exact) mass is 173 g/mol. The van der Waals surface area contributed by atoms with E-state index in [9.17, 15) is 0 Å². The van der Waals surface area contributed by atoms with Crippen molar-refractivity contribution in [2.75, 3.05) is 0 Å². The molecule has 0 fully saturated rings. The highest BCUT2D eigenvalue weighted by atomic mass is 14.7. The molecule has 0 aliphatic rings. The van der Waals surface area contributed by atoms with Crippen molar-refractivity contribution in [2.45, 2.75) is 13.8 Å². The molecule has 0 atom stereocenters. The number of rotatable bonds is 1. The molecule has 0 saturated heterocycles. The van der Waals surface area contributed by atoms with Gasteiger partial charge >= 0.3 is 0 Å². The molecular weight excluding hydrogens is 158 g/mol. The highest BCUT2D eigenvalue weighted by Crippen LogP contribution is 2.14. The molecule has 0 spiro atoms. The Morgan fingerprint density at radius 3 is 2.08 bits per heavy atom. The van der Waals surface area contributed by atoms with Gasteiger partial charge in [0, 0.05) is 11.9 Å². The van der Waals surface area contributed by atoms with Crippen LogP contribution in [0.4, 0.5) is 0 Å². The molecule has 1 aromatic carbocycles. The van der Waals surface area contributed by atoms with E-state index in [0.29, 0.717) is 0 Å². The second-order valence-corrected chi connectivity index (χ2v) is 2.45. The maximum atomic E-state index is 3.15. The summed E-state index contributed by atoms with van der Waals surface area (Å²) in [4.78, 5) is 3.15. The summed E-state index contributed by atoms with van der Waals surface area (Å²) in [5, 5.41) is 0. The van der Waals surface area contributed by atoms with Crippen molar-refractivity contribution in [1.29, 1.82) is 0 Å². The smallest absolute Gasteiger partial charge is 0.0453 e. The van der Waals surface area contributed by atoms with Gasteiger partial charge in [-0.2, -0.15) is 0 Å². The van der Waals surface area contributed by atoms with Gasteiger partial charge in [0.1, 0.15) is 0 Å². The van der Waals surface area contributed by atoms with Crippen LogP contribution in [0.5, 0.6) is 0 Å². The van der Waals surface area contributed by atoms with E-state index < -0.39 is 0 Å². The number of hydrogen-bond donors (Lipinski definition) is 1. The van der Waals surface area contributed by atoms with Gasteiger partial charge in [-0.3, -0.25) is 0 Å². The molecule has 0 aliphatic heterocycles. The highest BCUT2D eigenvalue weighted by molar-refractivity contribution is 5.58. The standard InChI is InChI=1S/C10H9N.C2H6/c1-2-5-9(6-3-1)10-7-4-8-11-10;1-2/h1-8,11H;1-2H3. The predicted octanol–water partition coefficient (Wildman–Crippen LogP) is 3.71. The third-order valence-corrected chi connectivity index (χ3v) is 1.68. The Morgan fingerprint density at radius 1 is 0.846 bits per heavy atom. The topological polar surface area (TPSA) is 15.8 Å². The van der Waals surface area contributed by atoms with Crippen molar-refractivity contribution in [3.05, 3.63) is 48.7 Å². The molecule has 1 nitrogen and oxygen atoms in total. The summed E-state index contributed by atoms with van der Waals surface area (Å²) in [5.41, 5.74) is 2.41. The zero-order valence-electron chi connectivity index (χ0n) is 8.12. The van der Waals surface area contributed by atoms with E-state index in [-0.39, 0.29) is 0 Å². The van der Waals surface area contributed by atoms with Crippen molar-refractivity contribution in [1.82, 2.24) is 4.98 Å². The van der Waals surface area contributed by atoms with Crippen LogP contribution in [0.3, 0.4) is 0 Å². The first kappa shape index (κ1) is 9.59. The molecule has 2 rings (SSSR count). The van der Waals surface area contributed by atoms with E-state index in [1.807, 2.05) is 44.3 Å². The molecule has 0 unspecified atom stereocenters. The molecule has 0 bridgehead atoms. The summed E-state index contributed by atoms with van der Waals surface area (Å²) in [6.07, 6.45) is 1.93. The van der Waals surface area contributed by atoms with Crippen LogP contribution in [0.2, 0.25) is 0 Å². The molecule has 1 aromatic heterocycles. The fourth-order valence-corrected chi connectivity index (χ4v) is 1.13. The van der Waals surface area contributed by atoms with Gasteiger partial charge in [0.25, 0.3) is 0 Å². The third-order valence-electron chi connectivity index (χ3n) is 1.68. The minimum atomic E-state index is 1.17. The molecule has 0 saturated carbocycles. The summed E-state index contributed by atoms with van der Waals surface area (Å²) < 4.78 is 0. The van der Waals surface area contributed by atoms with Gasteiger partial charge < -0.3 is 4.98 Å². The number of aromatic amines is 1. The van der Waals surface area contributed by atoms with Crippen LogP contribution in [-0.2, 0) is 0 Å². The quantitative estimate of drug-likeness (QED) is 0.676. The van der Waals surface area contributed by atoms with Crippen molar-refractivity contribution in [3.8, 4) is 11.3 Å². The van der Waals surface area contributed by atoms with Gasteiger partial charge in [-0.15, -0.1) is 0 Å². The molecule has 1 heterocycles. The average Bonchev–Trinajstić information content (AvgIpc) is 2.75. The molecular formula is C12H15N. The number of hydrogen-bond acceptors (Lipinski definition) is 0. The minimum Gasteiger partial charge on any atom is -0.361 e. The zero-order chi connectivity index (χ0) is 9.52. The molecule has 1 heteroatoms. The number of aromatic nitrogens is 1. The summed E-state index contributed by atoms with van der Waals surface area (Å²) in [7, 11) is 0. The van der Waals surface area contributed by atoms with E-state index in [1.165, 1.54) is 11.3 Å². The molecule has 0 radical (unpaired) electrons. The van der Waals surface area contributed by atoms with E-state index >= 15 is 0 Å². The van der Waals surface area contributed by atoms with Gasteiger partial charge in [0.15, 0.2) is 0 Å². The molecule has 68 valence electrons. The average molecular weight is 173 g/mol. The van der Waals surface area contributed by atoms with Crippen LogP contribution in [0.25, 0.3) is 11.3 Å². The third kappa shape index (κ3) is 2.48. The predicted molar refractivity (Wildman–Crippen MR) is 57.6 cm³/mol. The first-order chi connectivity index (χ1) is 6.47. The summed E-state index contributed by atoms with van der Waals surface area (Å²) in [5.74, 6) is 0. The van der Waals surface area contributed by atoms with Crippen molar-refractivity contribution in [2.24, 2.45) is 0 Å². The van der Waals surface area contributed by atoms with Crippen LogP contribution < -0.4 is 0 Å². The van der Waals surface area contributed by atoms with Gasteiger partial charge in [-0.25, -0.2) is 0 Å². The number of H-pyrrole nitrogens is 1. The van der Waals surface area contributed by atoms with Crippen LogP contribution in [0, 0.1) is 0 Å². The lowest BCUT2D eigenvalue weighted by molar-refractivity contribution is 1.40. The Balaban J connectivity index is 0.000000396. The Labute approximate surface area is 79.4 Å². The largest absolute Gasteiger partial charge is 0.361 e. The van der Waals surface area contributed by atoms with Crippen molar-refractivity contribution in [3.63, 3.8) is 0 Å². The lowest BCUT2D eigenvalue weighted by atomic mass is 10.2. The van der Waals surface area contributed by atoms with Gasteiger partial charge in [0.2, 0.25) is 0 Å². The van der Waals surface area contributed by atoms with Gasteiger partial charge in [-0.05, 0) is 17.7 Å². The SMILES string of the molecule is CC.c1ccc(-c2ccc[nH]2)cc1. The lowest BCUT2D eigenvalue weighted by Crippen LogP contribution is -1.73. The molecule has 0 amide bonds. The lowest BCUT2D eigenvalue weighted by Gasteiger charge is -1.94. The second kappa shape index (κ2) is 5.20. The van der Waals surface area contributed by atoms with Crippen LogP contribution in [-0.4, -0.2) is 4.98 Å². The van der Waals surface area contributed by atoms with Crippen molar-refractivity contribution >= 4 is 0 Å². The normalized spacial score (nSPS) is 8.77. The van der Waals surface area contributed by atoms with Crippen molar-refractivity contribution < 1.29 is 0 Å². The van der Waals surface area contributed by atoms with E-state index in [0.717, 1.165) is 0 Å². The van der Waals surface area contributed by atoms with E-state index in [4.69, 9.17) is 0 Å². The van der Waals surface area contributed by atoms with E-state index in [2.05, 4.69) is 23.2 Å². The van der Waals surface area contributed by atoms with Crippen LogP contribution in [0.1, 0.15) is 13.8 Å². The first-order valence-electron chi connectivity index (χ1n) is 4.65. The Bertz CT molecular complexity index is 308. The van der Waals surface area contributed by atoms with Gasteiger partial charge in [0.05, 0.1) is 0 Å². The number of nitrogens with one attached hydrogen (secondary N) is 1. The molecule has 0 aliphatic carbocycles. The maximum Gasteiger partial charge on any atom is 0.0453 e. The summed E-state index contributed by atoms with van der Waals surface area (Å²) >= 11 is 0. The number of benzene rings is 1. The van der Waals surface area contributed by atoms with Crippen LogP contribution in [0.15, 0.2) is 48.7 Å². The molecule has 13 heavy (non-hydrogen) atoms. The zero-order valence-corrected chi connectivity index (χ0v) is 8.12. The summed E-state index contributed by atoms with van der Waals surface area (Å²) in [6, 6.07) is 14.3. The first-order valence-corrected chi connectivity index (χ1v) is 4.65. The van der Waals surface area contributed by atoms with Crippen LogP contribution >= 0.6 is 0 Å².